The van der Waals surface area contributed by atoms with Gasteiger partial charge in [0.25, 0.3) is 5.91 Å². The van der Waals surface area contributed by atoms with Gasteiger partial charge in [0.15, 0.2) is 12.6 Å². The molecule has 2 N–H and O–H groups in total. The van der Waals surface area contributed by atoms with Gasteiger partial charge in [0.1, 0.15) is 42.4 Å². The van der Waals surface area contributed by atoms with Crippen LogP contribution in [0.25, 0.3) is 32.9 Å². The Bertz CT molecular complexity index is 3470. The summed E-state index contributed by atoms with van der Waals surface area (Å²) in [5, 5.41) is 15.1. The van der Waals surface area contributed by atoms with Gasteiger partial charge < -0.3 is 43.7 Å². The highest BCUT2D eigenvalue weighted by atomic mass is 28.3. The molecule has 1 spiro atoms. The van der Waals surface area contributed by atoms with Crippen molar-refractivity contribution in [1.29, 1.82) is 0 Å². The van der Waals surface area contributed by atoms with Crippen molar-refractivity contribution in [1.82, 2.24) is 35.0 Å². The molecule has 2 aliphatic carbocycles. The van der Waals surface area contributed by atoms with Gasteiger partial charge in [-0.3, -0.25) is 24.8 Å². The van der Waals surface area contributed by atoms with Crippen molar-refractivity contribution in [3.8, 4) is 40.2 Å². The van der Waals surface area contributed by atoms with Gasteiger partial charge in [-0.05, 0) is 141 Å². The molecule has 6 aliphatic rings. The molecule has 6 fully saturated rings. The summed E-state index contributed by atoms with van der Waals surface area (Å²) in [6.45, 7) is 23.8. The van der Waals surface area contributed by atoms with Crippen LogP contribution in [0.3, 0.4) is 0 Å². The molecule has 5 aromatic rings. The van der Waals surface area contributed by atoms with Gasteiger partial charge in [0.2, 0.25) is 5.91 Å². The van der Waals surface area contributed by atoms with Crippen LogP contribution in [0.1, 0.15) is 135 Å². The van der Waals surface area contributed by atoms with E-state index < -0.39 is 31.3 Å². The summed E-state index contributed by atoms with van der Waals surface area (Å²) < 4.78 is 57.9. The minimum atomic E-state index is -2.33. The van der Waals surface area contributed by atoms with Gasteiger partial charge in [-0.2, -0.15) is 9.97 Å². The minimum Gasteiger partial charge on any atom is -0.495 e. The molecule has 0 unspecified atom stereocenters. The zero-order chi connectivity index (χ0) is 62.3. The lowest BCUT2D eigenvalue weighted by Gasteiger charge is -2.47. The largest absolute Gasteiger partial charge is 0.495 e. The van der Waals surface area contributed by atoms with E-state index in [-0.39, 0.29) is 71.7 Å². The number of piperidine rings is 2. The van der Waals surface area contributed by atoms with E-state index in [1.165, 1.54) is 50.9 Å². The Morgan fingerprint density at radius 2 is 1.56 bits per heavy atom. The van der Waals surface area contributed by atoms with Crippen LogP contribution in [0.4, 0.5) is 25.1 Å². The number of benzene rings is 3. The predicted molar refractivity (Wildman–Crippen MR) is 341 cm³/mol. The number of likely N-dealkylation sites (tertiary alicyclic amines) is 1. The van der Waals surface area contributed by atoms with Crippen LogP contribution in [0.5, 0.6) is 17.5 Å². The normalized spacial score (nSPS) is 21.1. The number of imide groups is 1. The highest BCUT2D eigenvalue weighted by Gasteiger charge is 2.47. The summed E-state index contributed by atoms with van der Waals surface area (Å²) in [7, 11) is 0.721. The second kappa shape index (κ2) is 25.8. The average Bonchev–Trinajstić information content (AvgIpc) is 1.25. The third-order valence-electron chi connectivity index (χ3n) is 20.6. The number of aliphatic hydroxyl groups is 1. The molecule has 6 heterocycles. The minimum absolute atomic E-state index is 0.0154. The van der Waals surface area contributed by atoms with Gasteiger partial charge >= 0.3 is 12.0 Å². The number of methoxy groups -OCH3 is 2. The summed E-state index contributed by atoms with van der Waals surface area (Å²) in [5.41, 5.74) is 5.25. The van der Waals surface area contributed by atoms with Gasteiger partial charge in [-0.1, -0.05) is 53.5 Å². The standard InChI is InChI=1S/C68H89F2N9O8Si/c1-44(2)88(45(3)4,46(5)6)34-18-51-54(69)13-11-48-35-50(87-43-84-8)37-52(58(48)51)60-59(70)61-53(38-71-60)62(78-26-10-19-66(7,83)40-78)74-64(73-61)86-42-68(22-23-68)41-76-32-30-75(31-33-76)39-47-15-20-67(21-16-47)24-28-77(29-25-67)63(81)49-12-14-56(85-9)55(36-49)79-27-17-57(80)72-65(79)82/h11-14,35-38,44-47,83H,10,15-17,19-33,39-43H2,1-9H3,(H,72,80,82)/t66-/m1/s1. The van der Waals surface area contributed by atoms with E-state index in [0.29, 0.717) is 112 Å². The lowest BCUT2D eigenvalue weighted by Crippen LogP contribution is -2.50. The molecule has 1 atom stereocenters. The van der Waals surface area contributed by atoms with Crippen LogP contribution in [-0.2, 0) is 9.53 Å². The van der Waals surface area contributed by atoms with E-state index in [2.05, 4.69) is 68.1 Å². The van der Waals surface area contributed by atoms with Gasteiger partial charge in [0, 0.05) is 114 Å². The summed E-state index contributed by atoms with van der Waals surface area (Å²) in [6, 6.07) is 11.3. The van der Waals surface area contributed by atoms with Crippen molar-refractivity contribution >= 4 is 59.1 Å². The molecule has 88 heavy (non-hydrogen) atoms. The molecule has 0 bridgehead atoms. The van der Waals surface area contributed by atoms with Gasteiger partial charge in [0.05, 0.1) is 36.0 Å². The predicted octanol–water partition coefficient (Wildman–Crippen LogP) is 11.4. The topological polar surface area (TPSA) is 175 Å². The molecule has 4 amide bonds. The number of pyridine rings is 1. The number of hydrogen-bond donors (Lipinski definition) is 2. The van der Waals surface area contributed by atoms with Crippen molar-refractivity contribution < 1.29 is 47.2 Å². The van der Waals surface area contributed by atoms with E-state index in [1.807, 2.05) is 16.7 Å². The first-order chi connectivity index (χ1) is 42.1. The number of carbonyl (C=O) groups excluding carboxylic acids is 3. The quantitative estimate of drug-likeness (QED) is 0.0481. The molecule has 17 nitrogen and oxygen atoms in total. The molecular weight excluding hydrogens is 1140 g/mol. The average molecular weight is 1230 g/mol. The first-order valence-corrected chi connectivity index (χ1v) is 34.3. The molecule has 11 rings (SSSR count). The first-order valence-electron chi connectivity index (χ1n) is 32.0. The van der Waals surface area contributed by atoms with Crippen molar-refractivity contribution in [3.05, 3.63) is 71.4 Å². The van der Waals surface area contributed by atoms with Crippen molar-refractivity contribution in [3.63, 3.8) is 0 Å². The van der Waals surface area contributed by atoms with E-state index >= 15 is 8.78 Å². The third-order valence-corrected chi connectivity index (χ3v) is 26.9. The molecule has 2 aromatic heterocycles. The van der Waals surface area contributed by atoms with Crippen LogP contribution < -0.4 is 29.3 Å². The number of nitrogens with zero attached hydrogens (tertiary/aromatic N) is 8. The molecule has 4 saturated heterocycles. The Labute approximate surface area is 518 Å². The fourth-order valence-electron chi connectivity index (χ4n) is 15.3. The first kappa shape index (κ1) is 63.1. The number of hydrogen-bond acceptors (Lipinski definition) is 14. The van der Waals surface area contributed by atoms with Crippen molar-refractivity contribution in [2.24, 2.45) is 16.7 Å². The maximum absolute atomic E-state index is 18.0. The Morgan fingerprint density at radius 1 is 0.841 bits per heavy atom. The fourth-order valence-corrected chi connectivity index (χ4v) is 20.5. The maximum Gasteiger partial charge on any atom is 0.328 e. The summed E-state index contributed by atoms with van der Waals surface area (Å²) >= 11 is 0. The maximum atomic E-state index is 18.0. The molecule has 3 aromatic carbocycles. The van der Waals surface area contributed by atoms with E-state index in [1.54, 1.807) is 42.6 Å². The lowest BCUT2D eigenvalue weighted by molar-refractivity contribution is -0.120. The number of nitrogens with one attached hydrogen (secondary N) is 1. The number of fused-ring (bicyclic) bond motifs is 2. The summed E-state index contributed by atoms with van der Waals surface area (Å²) in [4.78, 5) is 63.6. The Hall–Kier alpha value is -6.50. The van der Waals surface area contributed by atoms with Crippen LogP contribution >= 0.6 is 0 Å². The van der Waals surface area contributed by atoms with Crippen LogP contribution in [0, 0.1) is 39.8 Å². The van der Waals surface area contributed by atoms with Crippen LogP contribution in [-0.4, -0.2) is 166 Å². The highest BCUT2D eigenvalue weighted by Crippen LogP contribution is 2.49. The SMILES string of the molecule is COCOc1cc(-c2ncc3c(N4CCC[C@@](C)(O)C4)nc(OCC4(CN5CCN(CC6CCC7(CC6)CCN(C(=O)c6ccc(OC)c(N8CCC(=O)NC8=O)c6)CC7)CC5)CC4)nc3c2F)c2c(C#C[Si](C(C)C)(C(C)C)C(C)C)c(F)ccc2c1. The Balaban J connectivity index is 0.751. The Morgan fingerprint density at radius 3 is 2.22 bits per heavy atom. The number of halogens is 2. The number of urea groups is 1. The number of carbonyl (C=O) groups is 3. The molecule has 472 valence electrons. The van der Waals surface area contributed by atoms with Gasteiger partial charge in [-0.25, -0.2) is 13.6 Å². The number of ether oxygens (including phenoxy) is 4. The molecule has 2 saturated carbocycles. The van der Waals surface area contributed by atoms with Crippen molar-refractivity contribution in [2.75, 3.05) is 109 Å². The molecule has 4 aliphatic heterocycles. The monoisotopic (exact) mass is 1230 g/mol. The Kier molecular flexibility index (Phi) is 18.5. The molecular formula is C68H89F2N9O8Si. The fraction of sp³-hybridized carbons (Fsp3) is 0.588. The zero-order valence-electron chi connectivity index (χ0n) is 53.0. The highest BCUT2D eigenvalue weighted by molar-refractivity contribution is 6.90. The molecule has 20 heteroatoms. The second-order valence-electron chi connectivity index (χ2n) is 27.5. The smallest absolute Gasteiger partial charge is 0.328 e. The van der Waals surface area contributed by atoms with Crippen LogP contribution in [0.15, 0.2) is 48.7 Å². The lowest BCUT2D eigenvalue weighted by atomic mass is 9.65. The number of piperazine rings is 1. The van der Waals surface area contributed by atoms with E-state index in [4.69, 9.17) is 33.9 Å². The zero-order valence-corrected chi connectivity index (χ0v) is 54.0. The van der Waals surface area contributed by atoms with E-state index in [0.717, 1.165) is 65.0 Å². The van der Waals surface area contributed by atoms with Gasteiger partial charge in [-0.15, -0.1) is 5.54 Å². The van der Waals surface area contributed by atoms with E-state index in [9.17, 15) is 19.5 Å². The molecule has 0 radical (unpaired) electrons. The number of rotatable bonds is 18. The van der Waals surface area contributed by atoms with Crippen molar-refractivity contribution in [2.45, 2.75) is 141 Å². The number of β-amino-alcohol motifs (C(OH)–C–C–N with tert-alkyl or cyclic N) is 1. The number of anilines is 2. The van der Waals surface area contributed by atoms with Crippen LogP contribution in [0.2, 0.25) is 16.6 Å². The number of amides is 4. The number of aromatic nitrogens is 3. The second-order valence-corrected chi connectivity index (χ2v) is 33.0. The third kappa shape index (κ3) is 13.1. The summed E-state index contributed by atoms with van der Waals surface area (Å²) in [5.74, 6) is 3.73. The summed E-state index contributed by atoms with van der Waals surface area (Å²) in [6.07, 6.45) is 11.8.